The van der Waals surface area contributed by atoms with Crippen molar-refractivity contribution in [1.29, 1.82) is 0 Å². The maximum atomic E-state index is 3.79. The average molecular weight is 268 g/mol. The SMILES string of the molecule is CCCC(C)CN1CC(C)(CC)NCC1CC(C)C. The summed E-state index contributed by atoms with van der Waals surface area (Å²) in [7, 11) is 0. The molecule has 2 heteroatoms. The summed E-state index contributed by atoms with van der Waals surface area (Å²) in [5.41, 5.74) is 0.319. The van der Waals surface area contributed by atoms with E-state index in [1.807, 2.05) is 0 Å². The van der Waals surface area contributed by atoms with Crippen LogP contribution >= 0.6 is 0 Å². The van der Waals surface area contributed by atoms with E-state index in [-0.39, 0.29) is 0 Å². The first kappa shape index (κ1) is 17.0. The van der Waals surface area contributed by atoms with Gasteiger partial charge in [-0.05, 0) is 38.0 Å². The predicted molar refractivity (Wildman–Crippen MR) is 85.6 cm³/mol. The first-order valence-corrected chi connectivity index (χ1v) is 8.39. The fraction of sp³-hybridized carbons (Fsp3) is 1.00. The third kappa shape index (κ3) is 5.43. The van der Waals surface area contributed by atoms with Gasteiger partial charge < -0.3 is 5.32 Å². The van der Waals surface area contributed by atoms with Gasteiger partial charge in [-0.2, -0.15) is 0 Å². The van der Waals surface area contributed by atoms with E-state index >= 15 is 0 Å². The van der Waals surface area contributed by atoms with Crippen LogP contribution in [0.25, 0.3) is 0 Å². The second-order valence-corrected chi connectivity index (χ2v) is 7.40. The molecular formula is C17H36N2. The number of piperazine rings is 1. The van der Waals surface area contributed by atoms with Gasteiger partial charge in [0.2, 0.25) is 0 Å². The number of rotatable bonds is 7. The molecule has 1 fully saturated rings. The quantitative estimate of drug-likeness (QED) is 0.753. The van der Waals surface area contributed by atoms with Crippen molar-refractivity contribution in [2.75, 3.05) is 19.6 Å². The molecule has 0 saturated carbocycles. The van der Waals surface area contributed by atoms with Crippen LogP contribution in [0.1, 0.15) is 67.2 Å². The Bertz CT molecular complexity index is 252. The second kappa shape index (κ2) is 7.64. The highest BCUT2D eigenvalue weighted by Crippen LogP contribution is 2.24. The minimum Gasteiger partial charge on any atom is -0.309 e. The van der Waals surface area contributed by atoms with E-state index in [1.54, 1.807) is 0 Å². The fourth-order valence-corrected chi connectivity index (χ4v) is 3.34. The first-order chi connectivity index (χ1) is 8.90. The highest BCUT2D eigenvalue weighted by atomic mass is 15.2. The number of hydrogen-bond acceptors (Lipinski definition) is 2. The van der Waals surface area contributed by atoms with Crippen LogP contribution in [-0.4, -0.2) is 36.1 Å². The lowest BCUT2D eigenvalue weighted by Crippen LogP contribution is -2.63. The summed E-state index contributed by atoms with van der Waals surface area (Å²) in [4.78, 5) is 2.78. The molecule has 0 radical (unpaired) electrons. The van der Waals surface area contributed by atoms with Crippen molar-refractivity contribution < 1.29 is 0 Å². The molecule has 114 valence electrons. The summed E-state index contributed by atoms with van der Waals surface area (Å²) >= 11 is 0. The van der Waals surface area contributed by atoms with Gasteiger partial charge in [-0.25, -0.2) is 0 Å². The normalized spacial score (nSPS) is 30.8. The van der Waals surface area contributed by atoms with E-state index in [2.05, 4.69) is 51.8 Å². The monoisotopic (exact) mass is 268 g/mol. The summed E-state index contributed by atoms with van der Waals surface area (Å²) in [5, 5.41) is 3.79. The third-order valence-electron chi connectivity index (χ3n) is 4.68. The lowest BCUT2D eigenvalue weighted by atomic mass is 9.89. The Kier molecular flexibility index (Phi) is 6.82. The Labute approximate surface area is 121 Å². The molecule has 0 bridgehead atoms. The minimum absolute atomic E-state index is 0.319. The lowest BCUT2D eigenvalue weighted by molar-refractivity contribution is 0.0600. The van der Waals surface area contributed by atoms with Crippen LogP contribution in [-0.2, 0) is 0 Å². The van der Waals surface area contributed by atoms with Crippen molar-refractivity contribution in [3.8, 4) is 0 Å². The van der Waals surface area contributed by atoms with Crippen LogP contribution in [0.3, 0.4) is 0 Å². The molecule has 2 nitrogen and oxygen atoms in total. The summed E-state index contributed by atoms with van der Waals surface area (Å²) in [5.74, 6) is 1.63. The number of nitrogens with one attached hydrogen (secondary N) is 1. The van der Waals surface area contributed by atoms with Crippen molar-refractivity contribution >= 4 is 0 Å². The van der Waals surface area contributed by atoms with E-state index in [4.69, 9.17) is 0 Å². The van der Waals surface area contributed by atoms with Gasteiger partial charge >= 0.3 is 0 Å². The molecule has 1 saturated heterocycles. The highest BCUT2D eigenvalue weighted by Gasteiger charge is 2.34. The van der Waals surface area contributed by atoms with Gasteiger partial charge in [0.25, 0.3) is 0 Å². The lowest BCUT2D eigenvalue weighted by Gasteiger charge is -2.47. The minimum atomic E-state index is 0.319. The molecule has 0 aromatic heterocycles. The van der Waals surface area contributed by atoms with Crippen LogP contribution in [0.4, 0.5) is 0 Å². The standard InChI is InChI=1S/C17H36N2/c1-7-9-15(5)12-19-13-17(6,8-2)18-11-16(19)10-14(3)4/h14-16,18H,7-13H2,1-6H3. The first-order valence-electron chi connectivity index (χ1n) is 8.39. The maximum Gasteiger partial charge on any atom is 0.0278 e. The molecule has 1 aliphatic rings. The third-order valence-corrected chi connectivity index (χ3v) is 4.68. The summed E-state index contributed by atoms with van der Waals surface area (Å²) in [6.07, 6.45) is 5.22. The van der Waals surface area contributed by atoms with Crippen molar-refractivity contribution in [2.45, 2.75) is 78.8 Å². The molecule has 0 aliphatic carbocycles. The van der Waals surface area contributed by atoms with Crippen molar-refractivity contribution in [1.82, 2.24) is 10.2 Å². The maximum absolute atomic E-state index is 3.79. The smallest absolute Gasteiger partial charge is 0.0278 e. The summed E-state index contributed by atoms with van der Waals surface area (Å²) < 4.78 is 0. The molecule has 1 heterocycles. The van der Waals surface area contributed by atoms with E-state index in [1.165, 1.54) is 45.3 Å². The molecule has 0 aromatic rings. The molecule has 0 aromatic carbocycles. The van der Waals surface area contributed by atoms with Crippen molar-refractivity contribution in [3.05, 3.63) is 0 Å². The van der Waals surface area contributed by atoms with E-state index in [9.17, 15) is 0 Å². The Balaban J connectivity index is 2.65. The van der Waals surface area contributed by atoms with E-state index in [0.29, 0.717) is 5.54 Å². The molecular weight excluding hydrogens is 232 g/mol. The van der Waals surface area contributed by atoms with Crippen molar-refractivity contribution in [3.63, 3.8) is 0 Å². The topological polar surface area (TPSA) is 15.3 Å². The van der Waals surface area contributed by atoms with Crippen LogP contribution < -0.4 is 5.32 Å². The second-order valence-electron chi connectivity index (χ2n) is 7.40. The van der Waals surface area contributed by atoms with Gasteiger partial charge in [0, 0.05) is 31.2 Å². The Morgan fingerprint density at radius 3 is 2.47 bits per heavy atom. The van der Waals surface area contributed by atoms with Crippen LogP contribution in [0, 0.1) is 11.8 Å². The van der Waals surface area contributed by atoms with Gasteiger partial charge in [-0.15, -0.1) is 0 Å². The Morgan fingerprint density at radius 2 is 1.95 bits per heavy atom. The van der Waals surface area contributed by atoms with Crippen LogP contribution in [0.15, 0.2) is 0 Å². The summed E-state index contributed by atoms with van der Waals surface area (Å²) in [6.45, 7) is 17.8. The molecule has 3 unspecified atom stereocenters. The summed E-state index contributed by atoms with van der Waals surface area (Å²) in [6, 6.07) is 0.735. The van der Waals surface area contributed by atoms with Crippen LogP contribution in [0.2, 0.25) is 0 Å². The molecule has 0 amide bonds. The zero-order valence-corrected chi connectivity index (χ0v) is 14.1. The van der Waals surface area contributed by atoms with Crippen molar-refractivity contribution in [2.24, 2.45) is 11.8 Å². The largest absolute Gasteiger partial charge is 0.309 e. The molecule has 3 atom stereocenters. The van der Waals surface area contributed by atoms with Gasteiger partial charge in [0.15, 0.2) is 0 Å². The van der Waals surface area contributed by atoms with E-state index in [0.717, 1.165) is 17.9 Å². The Morgan fingerprint density at radius 1 is 1.26 bits per heavy atom. The fourth-order valence-electron chi connectivity index (χ4n) is 3.34. The number of hydrogen-bond donors (Lipinski definition) is 1. The highest BCUT2D eigenvalue weighted by molar-refractivity contribution is 4.94. The van der Waals surface area contributed by atoms with Gasteiger partial charge in [0.1, 0.15) is 0 Å². The molecule has 1 aliphatic heterocycles. The molecule has 19 heavy (non-hydrogen) atoms. The van der Waals surface area contributed by atoms with Gasteiger partial charge in [-0.3, -0.25) is 4.90 Å². The zero-order valence-electron chi connectivity index (χ0n) is 14.1. The van der Waals surface area contributed by atoms with Crippen LogP contribution in [0.5, 0.6) is 0 Å². The Hall–Kier alpha value is -0.0800. The van der Waals surface area contributed by atoms with E-state index < -0.39 is 0 Å². The molecule has 1 N–H and O–H groups in total. The molecule has 0 spiro atoms. The zero-order chi connectivity index (χ0) is 14.5. The predicted octanol–water partition coefficient (Wildman–Crippen LogP) is 3.91. The van der Waals surface area contributed by atoms with Gasteiger partial charge in [0.05, 0.1) is 0 Å². The number of nitrogens with zero attached hydrogens (tertiary/aromatic N) is 1. The van der Waals surface area contributed by atoms with Gasteiger partial charge in [-0.1, -0.05) is 41.0 Å². The molecule has 1 rings (SSSR count). The average Bonchev–Trinajstić information content (AvgIpc) is 2.33.